The summed E-state index contributed by atoms with van der Waals surface area (Å²) >= 11 is 1.47. The second-order valence-electron chi connectivity index (χ2n) is 5.08. The first-order valence-electron chi connectivity index (χ1n) is 7.20. The van der Waals surface area contributed by atoms with Gasteiger partial charge < -0.3 is 4.57 Å². The van der Waals surface area contributed by atoms with Crippen LogP contribution in [-0.4, -0.2) is 15.5 Å². The number of nitrogens with zero attached hydrogens (tertiary/aromatic N) is 2. The number of carbonyl (C=O) groups excluding carboxylic acids is 1. The molecular weight excluding hydrogens is 306 g/mol. The van der Waals surface area contributed by atoms with Gasteiger partial charge in [-0.05, 0) is 42.5 Å². The molecule has 0 spiro atoms. The Morgan fingerprint density at radius 1 is 1.00 bits per heavy atom. The molecule has 1 N–H and O–H groups in total. The van der Waals surface area contributed by atoms with Crippen molar-refractivity contribution < 1.29 is 4.79 Å². The number of rotatable bonds is 3. The van der Waals surface area contributed by atoms with E-state index in [4.69, 9.17) is 0 Å². The van der Waals surface area contributed by atoms with E-state index in [0.717, 1.165) is 15.9 Å². The molecule has 112 valence electrons. The van der Waals surface area contributed by atoms with E-state index in [1.54, 1.807) is 6.07 Å². The molecule has 1 amide bonds. The summed E-state index contributed by atoms with van der Waals surface area (Å²) in [7, 11) is 0. The summed E-state index contributed by atoms with van der Waals surface area (Å²) in [4.78, 5) is 16.9. The molecular formula is C18H13N3OS. The maximum Gasteiger partial charge on any atom is 0.257 e. The molecule has 0 radical (unpaired) electrons. The highest BCUT2D eigenvalue weighted by Crippen LogP contribution is 2.25. The number of benzene rings is 2. The van der Waals surface area contributed by atoms with Crippen molar-refractivity contribution in [3.8, 4) is 5.69 Å². The van der Waals surface area contributed by atoms with Crippen LogP contribution in [0.4, 0.5) is 5.13 Å². The molecule has 2 heterocycles. The Bertz CT molecular complexity index is 940. The zero-order chi connectivity index (χ0) is 15.6. The van der Waals surface area contributed by atoms with E-state index in [1.165, 1.54) is 11.3 Å². The van der Waals surface area contributed by atoms with Crippen molar-refractivity contribution in [2.45, 2.75) is 0 Å². The number of hydrogen-bond acceptors (Lipinski definition) is 3. The summed E-state index contributed by atoms with van der Waals surface area (Å²) in [5, 5.41) is 3.49. The number of aromatic nitrogens is 2. The second kappa shape index (κ2) is 5.70. The Labute approximate surface area is 137 Å². The molecule has 2 aromatic heterocycles. The number of para-hydroxylation sites is 1. The topological polar surface area (TPSA) is 46.9 Å². The van der Waals surface area contributed by atoms with Crippen molar-refractivity contribution in [3.05, 3.63) is 78.6 Å². The van der Waals surface area contributed by atoms with E-state index < -0.39 is 0 Å². The maximum atomic E-state index is 12.5. The van der Waals surface area contributed by atoms with Gasteiger partial charge in [0.25, 0.3) is 5.91 Å². The van der Waals surface area contributed by atoms with Gasteiger partial charge in [0.05, 0.1) is 10.2 Å². The number of nitrogens with one attached hydrogen (secondary N) is 1. The van der Waals surface area contributed by atoms with Gasteiger partial charge in [-0.15, -0.1) is 0 Å². The predicted molar refractivity (Wildman–Crippen MR) is 93.3 cm³/mol. The highest BCUT2D eigenvalue weighted by Gasteiger charge is 2.10. The summed E-state index contributed by atoms with van der Waals surface area (Å²) < 4.78 is 3.03. The lowest BCUT2D eigenvalue weighted by atomic mass is 10.2. The van der Waals surface area contributed by atoms with Crippen LogP contribution < -0.4 is 5.32 Å². The highest BCUT2D eigenvalue weighted by atomic mass is 32.1. The van der Waals surface area contributed by atoms with Crippen molar-refractivity contribution in [2.24, 2.45) is 0 Å². The fraction of sp³-hybridized carbons (Fsp3) is 0. The second-order valence-corrected chi connectivity index (χ2v) is 6.11. The van der Waals surface area contributed by atoms with Gasteiger partial charge in [0.2, 0.25) is 0 Å². The van der Waals surface area contributed by atoms with Gasteiger partial charge >= 0.3 is 0 Å². The summed E-state index contributed by atoms with van der Waals surface area (Å²) in [6.45, 7) is 0. The summed E-state index contributed by atoms with van der Waals surface area (Å²) in [5.41, 5.74) is 2.45. The van der Waals surface area contributed by atoms with Crippen molar-refractivity contribution in [1.82, 2.24) is 9.55 Å². The summed E-state index contributed by atoms with van der Waals surface area (Å²) in [6, 6.07) is 19.3. The zero-order valence-electron chi connectivity index (χ0n) is 12.1. The van der Waals surface area contributed by atoms with Crippen LogP contribution in [0, 0.1) is 0 Å². The van der Waals surface area contributed by atoms with Gasteiger partial charge in [-0.25, -0.2) is 4.98 Å². The first-order valence-corrected chi connectivity index (χ1v) is 8.01. The van der Waals surface area contributed by atoms with Crippen molar-refractivity contribution in [1.29, 1.82) is 0 Å². The van der Waals surface area contributed by atoms with E-state index in [-0.39, 0.29) is 5.91 Å². The average molecular weight is 319 g/mol. The standard InChI is InChI=1S/C18H13N3OS/c22-17(20-18-19-15-8-1-2-9-16(15)23-18)13-6-5-7-14(12-13)21-10-3-4-11-21/h1-12H,(H,19,20,22). The van der Waals surface area contributed by atoms with Crippen LogP contribution in [0.1, 0.15) is 10.4 Å². The van der Waals surface area contributed by atoms with Gasteiger partial charge in [0.15, 0.2) is 5.13 Å². The highest BCUT2D eigenvalue weighted by molar-refractivity contribution is 7.22. The lowest BCUT2D eigenvalue weighted by Crippen LogP contribution is -2.12. The van der Waals surface area contributed by atoms with Gasteiger partial charge in [-0.1, -0.05) is 29.5 Å². The van der Waals surface area contributed by atoms with Gasteiger partial charge in [0.1, 0.15) is 0 Å². The minimum Gasteiger partial charge on any atom is -0.324 e. The van der Waals surface area contributed by atoms with Crippen LogP contribution in [0.2, 0.25) is 0 Å². The number of anilines is 1. The first-order chi connectivity index (χ1) is 11.3. The molecule has 2 aromatic carbocycles. The maximum absolute atomic E-state index is 12.5. The van der Waals surface area contributed by atoms with Crippen LogP contribution in [0.25, 0.3) is 15.9 Å². The van der Waals surface area contributed by atoms with Crippen LogP contribution in [-0.2, 0) is 0 Å². The number of hydrogen-bond donors (Lipinski definition) is 1. The fourth-order valence-electron chi connectivity index (χ4n) is 2.41. The third kappa shape index (κ3) is 2.74. The van der Waals surface area contributed by atoms with Crippen LogP contribution in [0.5, 0.6) is 0 Å². The van der Waals surface area contributed by atoms with E-state index in [2.05, 4.69) is 10.3 Å². The Balaban J connectivity index is 1.60. The largest absolute Gasteiger partial charge is 0.324 e. The SMILES string of the molecule is O=C(Nc1nc2ccccc2s1)c1cccc(-n2cccc2)c1. The zero-order valence-corrected chi connectivity index (χ0v) is 13.0. The molecule has 23 heavy (non-hydrogen) atoms. The van der Waals surface area contributed by atoms with E-state index in [1.807, 2.05) is 71.6 Å². The van der Waals surface area contributed by atoms with E-state index in [0.29, 0.717) is 10.7 Å². The molecule has 0 atom stereocenters. The molecule has 0 aliphatic rings. The molecule has 0 fully saturated rings. The molecule has 0 saturated heterocycles. The Morgan fingerprint density at radius 3 is 2.65 bits per heavy atom. The van der Waals surface area contributed by atoms with Crippen LogP contribution in [0.3, 0.4) is 0 Å². The van der Waals surface area contributed by atoms with Crippen molar-refractivity contribution in [2.75, 3.05) is 5.32 Å². The molecule has 0 saturated carbocycles. The average Bonchev–Trinajstić information content (AvgIpc) is 3.24. The minimum atomic E-state index is -0.155. The van der Waals surface area contributed by atoms with Crippen molar-refractivity contribution in [3.63, 3.8) is 0 Å². The lowest BCUT2D eigenvalue weighted by molar-refractivity contribution is 0.102. The normalized spacial score (nSPS) is 10.8. The number of amides is 1. The number of carbonyl (C=O) groups is 1. The van der Waals surface area contributed by atoms with Crippen molar-refractivity contribution >= 4 is 32.6 Å². The quantitative estimate of drug-likeness (QED) is 0.610. The van der Waals surface area contributed by atoms with Gasteiger partial charge in [-0.2, -0.15) is 0 Å². The minimum absolute atomic E-state index is 0.155. The first kappa shape index (κ1) is 13.7. The predicted octanol–water partition coefficient (Wildman–Crippen LogP) is 4.34. The molecule has 4 nitrogen and oxygen atoms in total. The summed E-state index contributed by atoms with van der Waals surface area (Å²) in [6.07, 6.45) is 3.90. The third-order valence-electron chi connectivity index (χ3n) is 3.53. The molecule has 0 aliphatic heterocycles. The smallest absolute Gasteiger partial charge is 0.257 e. The fourth-order valence-corrected chi connectivity index (χ4v) is 3.27. The van der Waals surface area contributed by atoms with Gasteiger partial charge in [0, 0.05) is 23.6 Å². The number of thiazole rings is 1. The third-order valence-corrected chi connectivity index (χ3v) is 4.48. The number of fused-ring (bicyclic) bond motifs is 1. The molecule has 5 heteroatoms. The van der Waals surface area contributed by atoms with Gasteiger partial charge in [-0.3, -0.25) is 10.1 Å². The van der Waals surface area contributed by atoms with E-state index in [9.17, 15) is 4.79 Å². The molecule has 4 aromatic rings. The molecule has 0 unspecified atom stereocenters. The molecule has 4 rings (SSSR count). The Morgan fingerprint density at radius 2 is 1.83 bits per heavy atom. The monoisotopic (exact) mass is 319 g/mol. The van der Waals surface area contributed by atoms with Crippen LogP contribution in [0.15, 0.2) is 73.1 Å². The summed E-state index contributed by atoms with van der Waals surface area (Å²) in [5.74, 6) is -0.155. The van der Waals surface area contributed by atoms with E-state index >= 15 is 0 Å². The lowest BCUT2D eigenvalue weighted by Gasteiger charge is -2.06. The van der Waals surface area contributed by atoms with Crippen LogP contribution >= 0.6 is 11.3 Å². The molecule has 0 bridgehead atoms. The Hall–Kier alpha value is -2.92. The molecule has 0 aliphatic carbocycles. The Kier molecular flexibility index (Phi) is 3.40.